The van der Waals surface area contributed by atoms with Gasteiger partial charge in [0.1, 0.15) is 0 Å². The molecule has 0 radical (unpaired) electrons. The lowest BCUT2D eigenvalue weighted by Gasteiger charge is -2.10. The summed E-state index contributed by atoms with van der Waals surface area (Å²) in [4.78, 5) is 0. The van der Waals surface area contributed by atoms with Crippen LogP contribution >= 0.6 is 11.6 Å². The minimum atomic E-state index is 0.567. The second-order valence-electron chi connectivity index (χ2n) is 4.61. The van der Waals surface area contributed by atoms with Crippen LogP contribution in [-0.2, 0) is 12.4 Å². The first-order chi connectivity index (χ1) is 8.69. The summed E-state index contributed by atoms with van der Waals surface area (Å²) in [5.74, 6) is 0.567. The molecule has 0 unspecified atom stereocenters. The van der Waals surface area contributed by atoms with Gasteiger partial charge in [-0.25, -0.2) is 0 Å². The topological polar surface area (TPSA) is 12.0 Å². The number of hydrogen-bond donors (Lipinski definition) is 1. The van der Waals surface area contributed by atoms with Crippen LogP contribution in [0.25, 0.3) is 0 Å². The Morgan fingerprint density at radius 3 is 2.39 bits per heavy atom. The van der Waals surface area contributed by atoms with Crippen molar-refractivity contribution in [3.05, 3.63) is 64.7 Å². The molecule has 0 aliphatic carbocycles. The van der Waals surface area contributed by atoms with Gasteiger partial charge < -0.3 is 5.32 Å². The highest BCUT2D eigenvalue weighted by molar-refractivity contribution is 6.17. The Balaban J connectivity index is 2.04. The molecule has 0 heterocycles. The van der Waals surface area contributed by atoms with Gasteiger partial charge in [0.2, 0.25) is 0 Å². The van der Waals surface area contributed by atoms with Crippen molar-refractivity contribution in [1.29, 1.82) is 0 Å². The van der Waals surface area contributed by atoms with Gasteiger partial charge in [0.05, 0.1) is 0 Å². The highest BCUT2D eigenvalue weighted by Gasteiger charge is 1.99. The number of rotatable bonds is 4. The van der Waals surface area contributed by atoms with Crippen molar-refractivity contribution in [2.24, 2.45) is 0 Å². The van der Waals surface area contributed by atoms with Crippen LogP contribution in [0.4, 0.5) is 5.69 Å². The fourth-order valence-corrected chi connectivity index (χ4v) is 2.08. The summed E-state index contributed by atoms with van der Waals surface area (Å²) in [7, 11) is 0. The minimum Gasteiger partial charge on any atom is -0.381 e. The van der Waals surface area contributed by atoms with Crippen molar-refractivity contribution in [2.75, 3.05) is 5.32 Å². The lowest BCUT2D eigenvalue weighted by molar-refractivity contribution is 1.11. The molecule has 1 N–H and O–H groups in total. The molecule has 0 aliphatic rings. The summed E-state index contributed by atoms with van der Waals surface area (Å²) in [6.45, 7) is 5.12. The maximum absolute atomic E-state index is 5.77. The maximum Gasteiger partial charge on any atom is 0.0474 e. The van der Waals surface area contributed by atoms with E-state index in [-0.39, 0.29) is 0 Å². The van der Waals surface area contributed by atoms with E-state index in [1.165, 1.54) is 16.7 Å². The van der Waals surface area contributed by atoms with E-state index in [9.17, 15) is 0 Å². The predicted octanol–water partition coefficient (Wildman–Crippen LogP) is 4.65. The van der Waals surface area contributed by atoms with Gasteiger partial charge in [-0.15, -0.1) is 11.6 Å². The fraction of sp³-hybridized carbons (Fsp3) is 0.250. The third kappa shape index (κ3) is 3.27. The summed E-state index contributed by atoms with van der Waals surface area (Å²) in [6, 6.07) is 14.8. The molecule has 0 saturated carbocycles. The quantitative estimate of drug-likeness (QED) is 0.788. The molecule has 1 nitrogen and oxygen atoms in total. The predicted molar refractivity (Wildman–Crippen MR) is 79.2 cm³/mol. The Bertz CT molecular complexity index is 517. The van der Waals surface area contributed by atoms with E-state index in [2.05, 4.69) is 61.6 Å². The molecule has 18 heavy (non-hydrogen) atoms. The first-order valence-electron chi connectivity index (χ1n) is 6.14. The van der Waals surface area contributed by atoms with E-state index < -0.39 is 0 Å². The van der Waals surface area contributed by atoms with Crippen LogP contribution in [0.15, 0.2) is 42.5 Å². The lowest BCUT2D eigenvalue weighted by Crippen LogP contribution is -2.01. The number of aryl methyl sites for hydroxylation is 2. The first kappa shape index (κ1) is 13.0. The first-order valence-corrected chi connectivity index (χ1v) is 6.67. The molecule has 0 amide bonds. The van der Waals surface area contributed by atoms with Crippen molar-refractivity contribution >= 4 is 17.3 Å². The number of hydrogen-bond acceptors (Lipinski definition) is 1. The Kier molecular flexibility index (Phi) is 4.27. The van der Waals surface area contributed by atoms with E-state index in [4.69, 9.17) is 11.6 Å². The van der Waals surface area contributed by atoms with Gasteiger partial charge in [-0.05, 0) is 42.7 Å². The molecule has 0 saturated heterocycles. The Hall–Kier alpha value is -1.47. The number of alkyl halides is 1. The van der Waals surface area contributed by atoms with Crippen LogP contribution in [0.2, 0.25) is 0 Å². The fourth-order valence-electron chi connectivity index (χ4n) is 1.90. The Morgan fingerprint density at radius 2 is 1.72 bits per heavy atom. The Morgan fingerprint density at radius 1 is 1.00 bits per heavy atom. The molecule has 2 heteroatoms. The van der Waals surface area contributed by atoms with E-state index in [0.29, 0.717) is 5.88 Å². The summed E-state index contributed by atoms with van der Waals surface area (Å²) in [6.07, 6.45) is 0. The van der Waals surface area contributed by atoms with Crippen LogP contribution in [0.3, 0.4) is 0 Å². The highest BCUT2D eigenvalue weighted by atomic mass is 35.5. The Labute approximate surface area is 114 Å². The number of anilines is 1. The largest absolute Gasteiger partial charge is 0.381 e. The molecule has 0 aliphatic heterocycles. The number of nitrogens with one attached hydrogen (secondary N) is 1. The average Bonchev–Trinajstić information content (AvgIpc) is 2.40. The summed E-state index contributed by atoms with van der Waals surface area (Å²) < 4.78 is 0. The van der Waals surface area contributed by atoms with Crippen LogP contribution in [-0.4, -0.2) is 0 Å². The van der Waals surface area contributed by atoms with Gasteiger partial charge >= 0.3 is 0 Å². The molecular formula is C16H18ClN. The average molecular weight is 260 g/mol. The molecule has 0 aromatic heterocycles. The second kappa shape index (κ2) is 5.92. The van der Waals surface area contributed by atoms with Gasteiger partial charge in [0.15, 0.2) is 0 Å². The van der Waals surface area contributed by atoms with Crippen molar-refractivity contribution in [3.63, 3.8) is 0 Å². The van der Waals surface area contributed by atoms with Crippen molar-refractivity contribution in [1.82, 2.24) is 0 Å². The summed E-state index contributed by atoms with van der Waals surface area (Å²) in [5, 5.41) is 3.44. The summed E-state index contributed by atoms with van der Waals surface area (Å²) >= 11 is 5.77. The monoisotopic (exact) mass is 259 g/mol. The van der Waals surface area contributed by atoms with Crippen molar-refractivity contribution in [3.8, 4) is 0 Å². The van der Waals surface area contributed by atoms with Crippen LogP contribution in [0, 0.1) is 13.8 Å². The smallest absolute Gasteiger partial charge is 0.0474 e. The van der Waals surface area contributed by atoms with Gasteiger partial charge in [-0.2, -0.15) is 0 Å². The molecule has 0 atom stereocenters. The molecule has 0 bridgehead atoms. The van der Waals surface area contributed by atoms with E-state index >= 15 is 0 Å². The zero-order valence-corrected chi connectivity index (χ0v) is 11.6. The molecule has 2 aromatic carbocycles. The van der Waals surface area contributed by atoms with Gasteiger partial charge in [0, 0.05) is 18.1 Å². The second-order valence-corrected chi connectivity index (χ2v) is 4.88. The molecule has 0 fully saturated rings. The normalized spacial score (nSPS) is 10.4. The molecular weight excluding hydrogens is 242 g/mol. The third-order valence-corrected chi connectivity index (χ3v) is 3.40. The van der Waals surface area contributed by atoms with Gasteiger partial charge in [-0.1, -0.05) is 35.9 Å². The number of halogens is 1. The molecule has 2 aromatic rings. The van der Waals surface area contributed by atoms with Gasteiger partial charge in [0.25, 0.3) is 0 Å². The van der Waals surface area contributed by atoms with Crippen molar-refractivity contribution in [2.45, 2.75) is 26.3 Å². The molecule has 0 spiro atoms. The van der Waals surface area contributed by atoms with Gasteiger partial charge in [-0.3, -0.25) is 0 Å². The van der Waals surface area contributed by atoms with Crippen molar-refractivity contribution < 1.29 is 0 Å². The van der Waals surface area contributed by atoms with E-state index in [0.717, 1.165) is 17.8 Å². The van der Waals surface area contributed by atoms with E-state index in [1.807, 2.05) is 0 Å². The van der Waals surface area contributed by atoms with Crippen LogP contribution in [0.5, 0.6) is 0 Å². The summed E-state index contributed by atoms with van der Waals surface area (Å²) in [5.41, 5.74) is 6.25. The maximum atomic E-state index is 5.77. The lowest BCUT2D eigenvalue weighted by atomic mass is 10.1. The zero-order chi connectivity index (χ0) is 13.0. The van der Waals surface area contributed by atoms with Crippen LogP contribution < -0.4 is 5.32 Å². The molecule has 94 valence electrons. The van der Waals surface area contributed by atoms with E-state index in [1.54, 1.807) is 0 Å². The SMILES string of the molecule is Cc1ccc(C)c(CNc2ccc(CCl)cc2)c1. The highest BCUT2D eigenvalue weighted by Crippen LogP contribution is 2.15. The third-order valence-electron chi connectivity index (χ3n) is 3.10. The number of benzene rings is 2. The minimum absolute atomic E-state index is 0.567. The zero-order valence-electron chi connectivity index (χ0n) is 10.8. The standard InChI is InChI=1S/C16H18ClN/c1-12-3-4-13(2)15(9-12)11-18-16-7-5-14(10-17)6-8-16/h3-9,18H,10-11H2,1-2H3. The van der Waals surface area contributed by atoms with Crippen LogP contribution in [0.1, 0.15) is 22.3 Å². The molecule has 2 rings (SSSR count).